The van der Waals surface area contributed by atoms with Crippen LogP contribution in [0.3, 0.4) is 0 Å². The first kappa shape index (κ1) is 10.3. The van der Waals surface area contributed by atoms with Crippen molar-refractivity contribution in [2.45, 2.75) is 5.33 Å². The van der Waals surface area contributed by atoms with E-state index in [9.17, 15) is 0 Å². The third-order valence-electron chi connectivity index (χ3n) is 1.23. The fourth-order valence-electron chi connectivity index (χ4n) is 0.666. The summed E-state index contributed by atoms with van der Waals surface area (Å²) in [6, 6.07) is 3.97. The van der Waals surface area contributed by atoms with E-state index in [2.05, 4.69) is 60.5 Å². The van der Waals surface area contributed by atoms with Crippen molar-refractivity contribution in [3.8, 4) is 0 Å². The quantitative estimate of drug-likeness (QED) is 0.361. The van der Waals surface area contributed by atoms with Gasteiger partial charge in [-0.2, -0.15) is 0 Å². The second-order valence-corrected chi connectivity index (χ2v) is 4.98. The maximum Gasteiger partial charge on any atom is 0.0458 e. The molecule has 11 heavy (non-hydrogen) atoms. The summed E-state index contributed by atoms with van der Waals surface area (Å²) in [5, 5.41) is 1.60. The molecule has 0 saturated carbocycles. The van der Waals surface area contributed by atoms with Gasteiger partial charge >= 0.3 is 0 Å². The Bertz CT molecular complexity index is 275. The molecule has 0 aliphatic rings. The van der Waals surface area contributed by atoms with Crippen molar-refractivity contribution in [2.75, 3.05) is 0 Å². The lowest BCUT2D eigenvalue weighted by Crippen LogP contribution is -1.83. The number of alkyl halides is 1. The summed E-state index contributed by atoms with van der Waals surface area (Å²) in [6.45, 7) is 0. The zero-order valence-corrected chi connectivity index (χ0v) is 11.5. The number of hydrogen-bond donors (Lipinski definition) is 0. The first-order valence-electron chi connectivity index (χ1n) is 2.84. The van der Waals surface area contributed by atoms with Crippen LogP contribution in [-0.4, -0.2) is 0 Å². The van der Waals surface area contributed by atoms with Crippen LogP contribution in [0.4, 0.5) is 0 Å². The van der Waals surface area contributed by atoms with E-state index in [-0.39, 0.29) is 0 Å². The largest absolute Gasteiger partial charge is 0.0876 e. The van der Waals surface area contributed by atoms with Gasteiger partial charge in [0.2, 0.25) is 0 Å². The van der Waals surface area contributed by atoms with Crippen LogP contribution >= 0.6 is 66.1 Å². The molecular weight excluding hydrogens is 406 g/mol. The summed E-state index contributed by atoms with van der Waals surface area (Å²) >= 11 is 15.0. The lowest BCUT2D eigenvalue weighted by atomic mass is 10.2. The van der Waals surface area contributed by atoms with Crippen molar-refractivity contribution in [3.05, 3.63) is 30.8 Å². The summed E-state index contributed by atoms with van der Waals surface area (Å²) in [6.07, 6.45) is 0. The van der Waals surface area contributed by atoms with Crippen molar-refractivity contribution < 1.29 is 0 Å². The molecule has 0 nitrogen and oxygen atoms in total. The topological polar surface area (TPSA) is 0 Å². The Labute approximate surface area is 101 Å². The summed E-state index contributed by atoms with van der Waals surface area (Å²) in [5.74, 6) is 0. The first-order valence-corrected chi connectivity index (χ1v) is 6.21. The van der Waals surface area contributed by atoms with Gasteiger partial charge in [0, 0.05) is 18.4 Å². The molecule has 4 heteroatoms. The van der Waals surface area contributed by atoms with Gasteiger partial charge in [0.15, 0.2) is 0 Å². The first-order chi connectivity index (χ1) is 5.15. The highest BCUT2D eigenvalue weighted by atomic mass is 127. The van der Waals surface area contributed by atoms with E-state index < -0.39 is 0 Å². The van der Waals surface area contributed by atoms with Crippen molar-refractivity contribution in [2.24, 2.45) is 0 Å². The minimum atomic E-state index is 0.800. The Morgan fingerprint density at radius 1 is 1.45 bits per heavy atom. The van der Waals surface area contributed by atoms with Gasteiger partial charge in [-0.1, -0.05) is 27.5 Å². The molecule has 0 aliphatic heterocycles. The highest BCUT2D eigenvalue weighted by Gasteiger charge is 2.02. The van der Waals surface area contributed by atoms with Gasteiger partial charge in [-0.25, -0.2) is 0 Å². The summed E-state index contributed by atoms with van der Waals surface area (Å²) in [5.41, 5.74) is 1.12. The molecule has 0 fully saturated rings. The smallest absolute Gasteiger partial charge is 0.0458 e. The van der Waals surface area contributed by atoms with Crippen LogP contribution in [0, 0.1) is 3.57 Å². The summed E-state index contributed by atoms with van der Waals surface area (Å²) in [4.78, 5) is 0. The molecule has 60 valence electrons. The zero-order chi connectivity index (χ0) is 8.43. The van der Waals surface area contributed by atoms with Crippen LogP contribution in [0.25, 0.3) is 0 Å². The minimum absolute atomic E-state index is 0.800. The lowest BCUT2D eigenvalue weighted by Gasteiger charge is -2.02. The predicted octanol–water partition coefficient (Wildman–Crippen LogP) is 4.60. The Balaban J connectivity index is 3.21. The van der Waals surface area contributed by atoms with Gasteiger partial charge in [0.25, 0.3) is 0 Å². The number of hydrogen-bond acceptors (Lipinski definition) is 0. The molecule has 1 rings (SSSR count). The Kier molecular flexibility index (Phi) is 4.15. The van der Waals surface area contributed by atoms with E-state index >= 15 is 0 Å². The molecule has 0 amide bonds. The second kappa shape index (κ2) is 4.44. The highest BCUT2D eigenvalue weighted by molar-refractivity contribution is 14.1. The number of halogens is 4. The number of rotatable bonds is 1. The van der Waals surface area contributed by atoms with Crippen molar-refractivity contribution in [1.29, 1.82) is 0 Å². The molecule has 0 saturated heterocycles. The van der Waals surface area contributed by atoms with Crippen LogP contribution in [-0.2, 0) is 5.33 Å². The SMILES string of the molecule is Clc1cc(Br)c(I)cc1CBr. The highest BCUT2D eigenvalue weighted by Crippen LogP contribution is 2.27. The molecule has 0 aromatic heterocycles. The molecule has 0 heterocycles. The zero-order valence-electron chi connectivity index (χ0n) is 5.37. The van der Waals surface area contributed by atoms with Crippen molar-refractivity contribution >= 4 is 66.1 Å². The maximum absolute atomic E-state index is 5.94. The van der Waals surface area contributed by atoms with Gasteiger partial charge in [-0.05, 0) is 56.2 Å². The van der Waals surface area contributed by atoms with E-state index in [1.54, 1.807) is 0 Å². The summed E-state index contributed by atoms with van der Waals surface area (Å²) in [7, 11) is 0. The molecule has 0 radical (unpaired) electrons. The Hall–Kier alpha value is 1.20. The van der Waals surface area contributed by atoms with Crippen LogP contribution in [0.15, 0.2) is 16.6 Å². The third-order valence-corrected chi connectivity index (χ3v) is 4.48. The van der Waals surface area contributed by atoms with Crippen molar-refractivity contribution in [1.82, 2.24) is 0 Å². The molecule has 0 N–H and O–H groups in total. The normalized spacial score (nSPS) is 10.2. The van der Waals surface area contributed by atoms with Crippen LogP contribution < -0.4 is 0 Å². The molecule has 0 spiro atoms. The number of benzene rings is 1. The van der Waals surface area contributed by atoms with Gasteiger partial charge in [-0.3, -0.25) is 0 Å². The van der Waals surface area contributed by atoms with Crippen molar-refractivity contribution in [3.63, 3.8) is 0 Å². The van der Waals surface area contributed by atoms with E-state index in [0.717, 1.165) is 20.4 Å². The fraction of sp³-hybridized carbons (Fsp3) is 0.143. The average Bonchev–Trinajstić information content (AvgIpc) is 1.97. The molecule has 0 atom stereocenters. The maximum atomic E-state index is 5.94. The lowest BCUT2D eigenvalue weighted by molar-refractivity contribution is 1.40. The monoisotopic (exact) mass is 408 g/mol. The van der Waals surface area contributed by atoms with Gasteiger partial charge in [0.1, 0.15) is 0 Å². The van der Waals surface area contributed by atoms with Crippen LogP contribution in [0.5, 0.6) is 0 Å². The van der Waals surface area contributed by atoms with Crippen LogP contribution in [0.1, 0.15) is 5.56 Å². The van der Waals surface area contributed by atoms with Gasteiger partial charge in [-0.15, -0.1) is 0 Å². The fourth-order valence-corrected chi connectivity index (χ4v) is 2.53. The molecule has 1 aromatic carbocycles. The Morgan fingerprint density at radius 2 is 2.09 bits per heavy atom. The average molecular weight is 410 g/mol. The van der Waals surface area contributed by atoms with E-state index in [4.69, 9.17) is 11.6 Å². The molecule has 0 aliphatic carbocycles. The summed E-state index contributed by atoms with van der Waals surface area (Å²) < 4.78 is 2.23. The molecule has 0 bridgehead atoms. The third kappa shape index (κ3) is 2.57. The van der Waals surface area contributed by atoms with E-state index in [1.807, 2.05) is 6.07 Å². The molecule has 1 aromatic rings. The molecular formula is C7H4Br2ClI. The van der Waals surface area contributed by atoms with Crippen LogP contribution in [0.2, 0.25) is 5.02 Å². The van der Waals surface area contributed by atoms with E-state index in [0.29, 0.717) is 0 Å². The van der Waals surface area contributed by atoms with Gasteiger partial charge in [0.05, 0.1) is 0 Å². The minimum Gasteiger partial charge on any atom is -0.0876 e. The standard InChI is InChI=1S/C7H4Br2ClI/c8-3-4-1-7(11)5(9)2-6(4)10/h1-2H,3H2. The second-order valence-electron chi connectivity index (χ2n) is 1.99. The van der Waals surface area contributed by atoms with Gasteiger partial charge < -0.3 is 0 Å². The van der Waals surface area contributed by atoms with E-state index in [1.165, 1.54) is 3.57 Å². The Morgan fingerprint density at radius 3 is 2.64 bits per heavy atom. The predicted molar refractivity (Wildman–Crippen MR) is 64.5 cm³/mol. The molecule has 0 unspecified atom stereocenters.